The van der Waals surface area contributed by atoms with Crippen LogP contribution in [0.2, 0.25) is 0 Å². The van der Waals surface area contributed by atoms with Crippen molar-refractivity contribution in [1.82, 2.24) is 14.7 Å². The smallest absolute Gasteiger partial charge is 0.259 e. The molecule has 1 heterocycles. The molecule has 0 saturated carbocycles. The zero-order valence-corrected chi connectivity index (χ0v) is 22.7. The summed E-state index contributed by atoms with van der Waals surface area (Å²) < 4.78 is 30.9. The van der Waals surface area contributed by atoms with E-state index in [4.69, 9.17) is 14.7 Å². The van der Waals surface area contributed by atoms with Gasteiger partial charge >= 0.3 is 0 Å². The Morgan fingerprint density at radius 2 is 1.51 bits per heavy atom. The zero-order chi connectivity index (χ0) is 26.8. The zero-order valence-electron chi connectivity index (χ0n) is 21.9. The van der Waals surface area contributed by atoms with E-state index in [0.29, 0.717) is 13.0 Å². The van der Waals surface area contributed by atoms with Gasteiger partial charge in [0, 0.05) is 30.3 Å². The van der Waals surface area contributed by atoms with Crippen molar-refractivity contribution in [2.45, 2.75) is 51.8 Å². The van der Waals surface area contributed by atoms with Gasteiger partial charge in [-0.15, -0.1) is 0 Å². The largest absolute Gasteiger partial charge is 0.372 e. The summed E-state index contributed by atoms with van der Waals surface area (Å²) in [5, 5.41) is -0.675. The van der Waals surface area contributed by atoms with E-state index in [9.17, 15) is 13.2 Å². The summed E-state index contributed by atoms with van der Waals surface area (Å²) in [6.45, 7) is 8.07. The van der Waals surface area contributed by atoms with E-state index in [1.165, 1.54) is 13.8 Å². The fraction of sp³-hybridized carbons (Fsp3) is 0.393. The monoisotopic (exact) mass is 524 g/mol. The van der Waals surface area contributed by atoms with Gasteiger partial charge in [-0.3, -0.25) is 14.5 Å². The molecule has 1 aromatic heterocycles. The lowest BCUT2D eigenvalue weighted by Gasteiger charge is -2.28. The summed E-state index contributed by atoms with van der Waals surface area (Å²) in [6.07, 6.45) is 3.35. The van der Waals surface area contributed by atoms with E-state index in [1.54, 1.807) is 0 Å². The van der Waals surface area contributed by atoms with Crippen molar-refractivity contribution in [3.8, 4) is 22.5 Å². The molecule has 37 heavy (non-hydrogen) atoms. The maximum atomic E-state index is 11.8. The molecule has 0 aliphatic rings. The topological polar surface area (TPSA) is 101 Å². The first kappa shape index (κ1) is 28.3. The summed E-state index contributed by atoms with van der Waals surface area (Å²) in [5.41, 5.74) is 3.69. The van der Waals surface area contributed by atoms with Gasteiger partial charge in [0.15, 0.2) is 0 Å². The number of hydrogen-bond donors (Lipinski definition) is 1. The summed E-state index contributed by atoms with van der Waals surface area (Å²) in [6, 6.07) is 20.3. The van der Waals surface area contributed by atoms with Crippen molar-refractivity contribution in [1.29, 1.82) is 0 Å². The molecule has 1 N–H and O–H groups in total. The van der Waals surface area contributed by atoms with E-state index >= 15 is 0 Å². The summed E-state index contributed by atoms with van der Waals surface area (Å²) in [7, 11) is -3.64. The molecule has 0 radical (unpaired) electrons. The Bertz CT molecular complexity index is 1250. The lowest BCUT2D eigenvalue weighted by molar-refractivity contribution is -0.123. The van der Waals surface area contributed by atoms with Crippen molar-refractivity contribution in [2.24, 2.45) is 0 Å². The molecule has 0 spiro atoms. The maximum absolute atomic E-state index is 11.8. The lowest BCUT2D eigenvalue weighted by atomic mass is 10.0. The third-order valence-corrected chi connectivity index (χ3v) is 7.57. The predicted molar refractivity (Wildman–Crippen MR) is 148 cm³/mol. The SMILES string of the molecule is CC(C)N(CCCCOCC(=O)NS(=O)(=O)C(C)C)c1cnc(-c2ccccc2)c(-c2ccccc2)n1. The van der Waals surface area contributed by atoms with Gasteiger partial charge in [-0.1, -0.05) is 60.7 Å². The normalized spacial score (nSPS) is 11.6. The first-order valence-electron chi connectivity index (χ1n) is 12.6. The molecule has 3 aromatic rings. The minimum atomic E-state index is -3.64. The molecular weight excluding hydrogens is 488 g/mol. The number of carbonyl (C=O) groups excluding carboxylic acids is 1. The predicted octanol–water partition coefficient (Wildman–Crippen LogP) is 4.68. The Morgan fingerprint density at radius 1 is 0.919 bits per heavy atom. The Labute approximate surface area is 220 Å². The Morgan fingerprint density at radius 3 is 2.08 bits per heavy atom. The molecule has 3 rings (SSSR count). The number of nitrogens with zero attached hydrogens (tertiary/aromatic N) is 3. The third-order valence-electron chi connectivity index (χ3n) is 5.82. The van der Waals surface area contributed by atoms with E-state index in [-0.39, 0.29) is 12.6 Å². The van der Waals surface area contributed by atoms with Crippen LogP contribution in [0.5, 0.6) is 0 Å². The molecule has 198 valence electrons. The molecule has 0 aliphatic carbocycles. The highest BCUT2D eigenvalue weighted by Crippen LogP contribution is 2.31. The van der Waals surface area contributed by atoms with Crippen molar-refractivity contribution < 1.29 is 17.9 Å². The summed E-state index contributed by atoms with van der Waals surface area (Å²) in [5.74, 6) is 0.146. The number of rotatable bonds is 13. The highest BCUT2D eigenvalue weighted by atomic mass is 32.2. The van der Waals surface area contributed by atoms with Crippen LogP contribution < -0.4 is 9.62 Å². The third kappa shape index (κ3) is 8.10. The minimum Gasteiger partial charge on any atom is -0.372 e. The van der Waals surface area contributed by atoms with E-state index in [1.807, 2.05) is 71.6 Å². The number of carbonyl (C=O) groups is 1. The first-order valence-corrected chi connectivity index (χ1v) is 14.1. The number of ether oxygens (including phenoxy) is 1. The lowest BCUT2D eigenvalue weighted by Crippen LogP contribution is -2.38. The molecule has 2 aromatic carbocycles. The fourth-order valence-electron chi connectivity index (χ4n) is 3.72. The van der Waals surface area contributed by atoms with Crippen LogP contribution in [0.4, 0.5) is 5.82 Å². The summed E-state index contributed by atoms with van der Waals surface area (Å²) >= 11 is 0. The molecule has 0 unspecified atom stereocenters. The number of unbranched alkanes of at least 4 members (excludes halogenated alkanes) is 1. The Kier molecular flexibility index (Phi) is 10.2. The molecule has 0 aliphatic heterocycles. The molecule has 1 amide bonds. The standard InChI is InChI=1S/C28H36N4O4S/c1-21(2)32(17-11-12-18-36-20-26(33)31-37(34,35)22(3)4)25-19-29-27(23-13-7-5-8-14-23)28(30-25)24-15-9-6-10-16-24/h5-10,13-16,19,21-22H,11-12,17-18,20H2,1-4H3,(H,31,33). The van der Waals surface area contributed by atoms with Crippen LogP contribution in [0.15, 0.2) is 66.9 Å². The van der Waals surface area contributed by atoms with Gasteiger partial charge in [-0.25, -0.2) is 13.4 Å². The number of aromatic nitrogens is 2. The number of anilines is 1. The van der Waals surface area contributed by atoms with E-state index in [0.717, 1.165) is 41.3 Å². The summed E-state index contributed by atoms with van der Waals surface area (Å²) in [4.78, 5) is 23.9. The van der Waals surface area contributed by atoms with Crippen molar-refractivity contribution in [2.75, 3.05) is 24.7 Å². The van der Waals surface area contributed by atoms with Gasteiger partial charge in [0.1, 0.15) is 12.4 Å². The van der Waals surface area contributed by atoms with Crippen molar-refractivity contribution >= 4 is 21.7 Å². The van der Waals surface area contributed by atoms with Crippen molar-refractivity contribution in [3.05, 3.63) is 66.9 Å². The van der Waals surface area contributed by atoms with Gasteiger partial charge in [0.05, 0.1) is 22.8 Å². The first-order chi connectivity index (χ1) is 17.7. The van der Waals surface area contributed by atoms with Gasteiger partial charge < -0.3 is 9.64 Å². The maximum Gasteiger partial charge on any atom is 0.259 e. The molecule has 9 heteroatoms. The molecular formula is C28H36N4O4S. The van der Waals surface area contributed by atoms with Crippen LogP contribution in [0, 0.1) is 0 Å². The molecule has 0 atom stereocenters. The Balaban J connectivity index is 1.64. The van der Waals surface area contributed by atoms with Crippen LogP contribution in [0.25, 0.3) is 22.5 Å². The Hall–Kier alpha value is -3.30. The molecule has 0 saturated heterocycles. The highest BCUT2D eigenvalue weighted by molar-refractivity contribution is 7.90. The van der Waals surface area contributed by atoms with E-state index in [2.05, 4.69) is 18.7 Å². The van der Waals surface area contributed by atoms with Gasteiger partial charge in [-0.2, -0.15) is 0 Å². The molecule has 8 nitrogen and oxygen atoms in total. The van der Waals surface area contributed by atoms with Crippen molar-refractivity contribution in [3.63, 3.8) is 0 Å². The number of nitrogens with one attached hydrogen (secondary N) is 1. The van der Waals surface area contributed by atoms with Gasteiger partial charge in [0.25, 0.3) is 5.91 Å². The average molecular weight is 525 g/mol. The van der Waals surface area contributed by atoms with Crippen LogP contribution in [0.1, 0.15) is 40.5 Å². The quantitative estimate of drug-likeness (QED) is 0.324. The fourth-order valence-corrected chi connectivity index (χ4v) is 4.33. The number of hydrogen-bond acceptors (Lipinski definition) is 7. The van der Waals surface area contributed by atoms with E-state index < -0.39 is 21.2 Å². The number of sulfonamides is 1. The van der Waals surface area contributed by atoms with Crippen LogP contribution in [-0.2, 0) is 19.6 Å². The highest BCUT2D eigenvalue weighted by Gasteiger charge is 2.19. The van der Waals surface area contributed by atoms with Crippen LogP contribution in [0.3, 0.4) is 0 Å². The molecule has 0 fully saturated rings. The number of benzene rings is 2. The van der Waals surface area contributed by atoms with Gasteiger partial charge in [-0.05, 0) is 40.5 Å². The second-order valence-corrected chi connectivity index (χ2v) is 11.6. The number of amides is 1. The molecule has 0 bridgehead atoms. The average Bonchev–Trinajstić information content (AvgIpc) is 2.88. The van der Waals surface area contributed by atoms with Crippen LogP contribution in [-0.4, -0.2) is 55.3 Å². The second-order valence-electron chi connectivity index (χ2n) is 9.32. The van der Waals surface area contributed by atoms with Crippen LogP contribution >= 0.6 is 0 Å². The minimum absolute atomic E-state index is 0.202. The second kappa shape index (κ2) is 13.3. The van der Waals surface area contributed by atoms with Gasteiger partial charge in [0.2, 0.25) is 10.0 Å².